The number of carboxylic acids is 1. The SMILES string of the molecule is CCOC(=O)/C(C#N)=C/c1cn(CCC(=O)[O-])nc1-c1ccc(F)cc1. The average Bonchev–Trinajstić information content (AvgIpc) is 3.01. The minimum Gasteiger partial charge on any atom is -0.550 e. The molecule has 0 fully saturated rings. The van der Waals surface area contributed by atoms with Crippen molar-refractivity contribution in [1.29, 1.82) is 5.26 Å². The molecule has 26 heavy (non-hydrogen) atoms. The van der Waals surface area contributed by atoms with Gasteiger partial charge in [0.1, 0.15) is 17.5 Å². The first kappa shape index (κ1) is 18.9. The fourth-order valence-corrected chi connectivity index (χ4v) is 2.20. The minimum atomic E-state index is -1.23. The fourth-order valence-electron chi connectivity index (χ4n) is 2.20. The fraction of sp³-hybridized carbons (Fsp3) is 0.222. The molecule has 0 aliphatic carbocycles. The number of hydrogen-bond donors (Lipinski definition) is 0. The summed E-state index contributed by atoms with van der Waals surface area (Å²) in [6.07, 6.45) is 2.55. The number of carbonyl (C=O) groups is 2. The second-order valence-electron chi connectivity index (χ2n) is 5.22. The van der Waals surface area contributed by atoms with Gasteiger partial charge in [-0.1, -0.05) is 0 Å². The van der Waals surface area contributed by atoms with Crippen LogP contribution in [0.15, 0.2) is 36.0 Å². The van der Waals surface area contributed by atoms with E-state index in [0.717, 1.165) is 0 Å². The Kier molecular flexibility index (Phi) is 6.22. The van der Waals surface area contributed by atoms with E-state index >= 15 is 0 Å². The number of ether oxygens (including phenoxy) is 1. The maximum atomic E-state index is 13.2. The number of aliphatic carboxylic acids is 1. The van der Waals surface area contributed by atoms with Crippen LogP contribution in [0, 0.1) is 17.1 Å². The number of halogens is 1. The number of aryl methyl sites for hydroxylation is 1. The summed E-state index contributed by atoms with van der Waals surface area (Å²) in [7, 11) is 0. The van der Waals surface area contributed by atoms with Crippen LogP contribution in [0.25, 0.3) is 17.3 Å². The van der Waals surface area contributed by atoms with E-state index in [0.29, 0.717) is 16.8 Å². The lowest BCUT2D eigenvalue weighted by atomic mass is 10.1. The van der Waals surface area contributed by atoms with Crippen molar-refractivity contribution in [3.05, 3.63) is 47.4 Å². The predicted molar refractivity (Wildman–Crippen MR) is 87.5 cm³/mol. The highest BCUT2D eigenvalue weighted by Crippen LogP contribution is 2.25. The van der Waals surface area contributed by atoms with E-state index in [-0.39, 0.29) is 25.1 Å². The van der Waals surface area contributed by atoms with Crippen LogP contribution in [0.4, 0.5) is 4.39 Å². The number of nitrogens with zero attached hydrogens (tertiary/aromatic N) is 3. The maximum absolute atomic E-state index is 13.2. The van der Waals surface area contributed by atoms with Gasteiger partial charge in [0.05, 0.1) is 12.3 Å². The smallest absolute Gasteiger partial charge is 0.348 e. The number of carboxylic acid groups (broad SMARTS) is 1. The van der Waals surface area contributed by atoms with Gasteiger partial charge < -0.3 is 14.6 Å². The van der Waals surface area contributed by atoms with Crippen LogP contribution in [0.1, 0.15) is 18.9 Å². The van der Waals surface area contributed by atoms with Crippen molar-refractivity contribution < 1.29 is 23.8 Å². The zero-order valence-electron chi connectivity index (χ0n) is 13.9. The van der Waals surface area contributed by atoms with E-state index in [1.54, 1.807) is 13.0 Å². The van der Waals surface area contributed by atoms with Crippen LogP contribution >= 0.6 is 0 Å². The largest absolute Gasteiger partial charge is 0.550 e. The Labute approximate surface area is 148 Å². The Morgan fingerprint density at radius 3 is 2.65 bits per heavy atom. The number of hydrogen-bond acceptors (Lipinski definition) is 6. The summed E-state index contributed by atoms with van der Waals surface area (Å²) in [4.78, 5) is 22.5. The molecule has 0 saturated heterocycles. The summed E-state index contributed by atoms with van der Waals surface area (Å²) in [6, 6.07) is 7.26. The molecule has 0 bridgehead atoms. The van der Waals surface area contributed by atoms with E-state index < -0.39 is 17.8 Å². The van der Waals surface area contributed by atoms with Crippen molar-refractivity contribution in [2.75, 3.05) is 6.61 Å². The Hall–Kier alpha value is -3.47. The molecule has 8 heteroatoms. The minimum absolute atomic E-state index is 0.0473. The highest BCUT2D eigenvalue weighted by atomic mass is 19.1. The molecule has 134 valence electrons. The van der Waals surface area contributed by atoms with Gasteiger partial charge in [0.15, 0.2) is 0 Å². The molecule has 2 rings (SSSR count). The topological polar surface area (TPSA) is 108 Å². The molecule has 0 saturated carbocycles. The van der Waals surface area contributed by atoms with Gasteiger partial charge in [0.2, 0.25) is 0 Å². The molecule has 0 aliphatic rings. The van der Waals surface area contributed by atoms with Gasteiger partial charge in [-0.25, -0.2) is 9.18 Å². The number of esters is 1. The number of aromatic nitrogens is 2. The van der Waals surface area contributed by atoms with Crippen LogP contribution in [-0.4, -0.2) is 28.3 Å². The lowest BCUT2D eigenvalue weighted by molar-refractivity contribution is -0.306. The summed E-state index contributed by atoms with van der Waals surface area (Å²) in [5.41, 5.74) is 1.10. The predicted octanol–water partition coefficient (Wildman–Crippen LogP) is 1.30. The number of benzene rings is 1. The molecule has 0 amide bonds. The van der Waals surface area contributed by atoms with E-state index in [9.17, 15) is 24.3 Å². The molecule has 1 heterocycles. The first-order valence-electron chi connectivity index (χ1n) is 7.76. The van der Waals surface area contributed by atoms with Crippen LogP contribution in [0.3, 0.4) is 0 Å². The van der Waals surface area contributed by atoms with Gasteiger partial charge in [-0.15, -0.1) is 0 Å². The van der Waals surface area contributed by atoms with Crippen molar-refractivity contribution in [3.8, 4) is 17.3 Å². The Bertz CT molecular complexity index is 879. The zero-order chi connectivity index (χ0) is 19.1. The van der Waals surface area contributed by atoms with E-state index in [1.165, 1.54) is 41.2 Å². The van der Waals surface area contributed by atoms with Gasteiger partial charge in [0, 0.05) is 36.3 Å². The highest BCUT2D eigenvalue weighted by molar-refractivity contribution is 5.98. The first-order valence-corrected chi connectivity index (χ1v) is 7.76. The van der Waals surface area contributed by atoms with Crippen LogP contribution < -0.4 is 5.11 Å². The zero-order valence-corrected chi connectivity index (χ0v) is 13.9. The van der Waals surface area contributed by atoms with Crippen LogP contribution in [0.2, 0.25) is 0 Å². The van der Waals surface area contributed by atoms with Crippen LogP contribution in [-0.2, 0) is 20.9 Å². The molecule has 7 nitrogen and oxygen atoms in total. The molecular formula is C18H15FN3O4-. The summed E-state index contributed by atoms with van der Waals surface area (Å²) in [6.45, 7) is 1.79. The Morgan fingerprint density at radius 1 is 1.38 bits per heavy atom. The second-order valence-corrected chi connectivity index (χ2v) is 5.22. The highest BCUT2D eigenvalue weighted by Gasteiger charge is 2.15. The third kappa shape index (κ3) is 4.77. The van der Waals surface area contributed by atoms with Gasteiger partial charge in [-0.2, -0.15) is 10.4 Å². The Morgan fingerprint density at radius 2 is 2.08 bits per heavy atom. The maximum Gasteiger partial charge on any atom is 0.348 e. The van der Waals surface area contributed by atoms with E-state index in [4.69, 9.17) is 4.74 Å². The molecule has 0 unspecified atom stereocenters. The average molecular weight is 356 g/mol. The molecule has 0 radical (unpaired) electrons. The third-order valence-electron chi connectivity index (χ3n) is 3.37. The molecule has 2 aromatic rings. The van der Waals surface area contributed by atoms with Crippen molar-refractivity contribution in [2.24, 2.45) is 0 Å². The van der Waals surface area contributed by atoms with Gasteiger partial charge in [0.25, 0.3) is 0 Å². The molecule has 0 N–H and O–H groups in total. The Balaban J connectivity index is 2.47. The molecule has 0 atom stereocenters. The summed E-state index contributed by atoms with van der Waals surface area (Å²) < 4.78 is 19.3. The normalized spacial score (nSPS) is 11.0. The molecule has 0 aliphatic heterocycles. The van der Waals surface area contributed by atoms with Crippen molar-refractivity contribution >= 4 is 18.0 Å². The third-order valence-corrected chi connectivity index (χ3v) is 3.37. The summed E-state index contributed by atoms with van der Waals surface area (Å²) in [5, 5.41) is 24.1. The standard InChI is InChI=1S/C18H16FN3O4/c1-2-26-18(25)13(10-20)9-14-11-22(8-7-16(23)24)21-17(14)12-3-5-15(19)6-4-12/h3-6,9,11H,2,7-8H2,1H3,(H,23,24)/p-1/b13-9+. The first-order chi connectivity index (χ1) is 12.4. The van der Waals surface area contributed by atoms with Crippen LogP contribution in [0.5, 0.6) is 0 Å². The summed E-state index contributed by atoms with van der Waals surface area (Å²) in [5.74, 6) is -2.43. The van der Waals surface area contributed by atoms with Crippen molar-refractivity contribution in [3.63, 3.8) is 0 Å². The van der Waals surface area contributed by atoms with Crippen molar-refractivity contribution in [2.45, 2.75) is 19.9 Å². The van der Waals surface area contributed by atoms with E-state index in [1.807, 2.05) is 0 Å². The number of nitriles is 1. The monoisotopic (exact) mass is 356 g/mol. The van der Waals surface area contributed by atoms with E-state index in [2.05, 4.69) is 5.10 Å². The molecule has 1 aromatic carbocycles. The second kappa shape index (κ2) is 8.58. The number of rotatable bonds is 7. The molecule has 1 aromatic heterocycles. The van der Waals surface area contributed by atoms with Crippen molar-refractivity contribution in [1.82, 2.24) is 9.78 Å². The lowest BCUT2D eigenvalue weighted by Crippen LogP contribution is -2.23. The summed E-state index contributed by atoms with van der Waals surface area (Å²) >= 11 is 0. The lowest BCUT2D eigenvalue weighted by Gasteiger charge is -2.02. The number of carbonyl (C=O) groups excluding carboxylic acids is 2. The van der Waals surface area contributed by atoms with Gasteiger partial charge >= 0.3 is 5.97 Å². The molecule has 0 spiro atoms. The van der Waals surface area contributed by atoms with Gasteiger partial charge in [-0.3, -0.25) is 4.68 Å². The van der Waals surface area contributed by atoms with Gasteiger partial charge in [-0.05, 0) is 37.3 Å². The molecular weight excluding hydrogens is 341 g/mol. The quantitative estimate of drug-likeness (QED) is 0.420.